The van der Waals surface area contributed by atoms with E-state index in [4.69, 9.17) is 4.74 Å². The first-order chi connectivity index (χ1) is 8.74. The maximum atomic E-state index is 11.4. The number of carbonyl (C=O) groups is 2. The second-order valence-electron chi connectivity index (χ2n) is 3.64. The molecule has 1 heterocycles. The van der Waals surface area contributed by atoms with Crippen molar-refractivity contribution < 1.29 is 14.3 Å². The van der Waals surface area contributed by atoms with Crippen molar-refractivity contribution in [1.82, 2.24) is 15.6 Å². The molecule has 1 aromatic rings. The number of nitrogens with one attached hydrogen (secondary N) is 2. The SMILES string of the molecule is COCCCNC(=O)C(=O)NCc1ccncc1. The summed E-state index contributed by atoms with van der Waals surface area (Å²) in [5, 5.41) is 5.04. The number of ether oxygens (including phenoxy) is 1. The smallest absolute Gasteiger partial charge is 0.309 e. The van der Waals surface area contributed by atoms with Gasteiger partial charge >= 0.3 is 11.8 Å². The molecule has 0 aliphatic carbocycles. The largest absolute Gasteiger partial charge is 0.385 e. The van der Waals surface area contributed by atoms with Crippen LogP contribution in [0.1, 0.15) is 12.0 Å². The zero-order valence-corrected chi connectivity index (χ0v) is 10.3. The predicted molar refractivity (Wildman–Crippen MR) is 65.6 cm³/mol. The van der Waals surface area contributed by atoms with E-state index in [1.165, 1.54) is 0 Å². The topological polar surface area (TPSA) is 80.3 Å². The van der Waals surface area contributed by atoms with Crippen LogP contribution in [-0.4, -0.2) is 37.1 Å². The highest BCUT2D eigenvalue weighted by Crippen LogP contribution is 1.94. The third-order valence-corrected chi connectivity index (χ3v) is 2.22. The molecular formula is C12H17N3O3. The number of carbonyl (C=O) groups excluding carboxylic acids is 2. The van der Waals surface area contributed by atoms with Gasteiger partial charge in [0.1, 0.15) is 0 Å². The standard InChI is InChI=1S/C12H17N3O3/c1-18-8-2-5-14-11(16)12(17)15-9-10-3-6-13-7-4-10/h3-4,6-7H,2,5,8-9H2,1H3,(H,14,16)(H,15,17). The zero-order chi connectivity index (χ0) is 13.2. The summed E-state index contributed by atoms with van der Waals surface area (Å²) < 4.78 is 4.83. The first kappa shape index (κ1) is 14.1. The number of hydrogen-bond acceptors (Lipinski definition) is 4. The quantitative estimate of drug-likeness (QED) is 0.544. The van der Waals surface area contributed by atoms with Gasteiger partial charge in [0.25, 0.3) is 0 Å². The van der Waals surface area contributed by atoms with Gasteiger partial charge in [-0.1, -0.05) is 0 Å². The second kappa shape index (κ2) is 8.19. The van der Waals surface area contributed by atoms with Crippen molar-refractivity contribution in [2.45, 2.75) is 13.0 Å². The third kappa shape index (κ3) is 5.40. The molecule has 18 heavy (non-hydrogen) atoms. The van der Waals surface area contributed by atoms with E-state index in [9.17, 15) is 9.59 Å². The van der Waals surface area contributed by atoms with Crippen LogP contribution in [0.25, 0.3) is 0 Å². The fourth-order valence-electron chi connectivity index (χ4n) is 1.26. The summed E-state index contributed by atoms with van der Waals surface area (Å²) in [5.41, 5.74) is 0.894. The van der Waals surface area contributed by atoms with Crippen molar-refractivity contribution in [3.05, 3.63) is 30.1 Å². The number of pyridine rings is 1. The van der Waals surface area contributed by atoms with Crippen LogP contribution >= 0.6 is 0 Å². The van der Waals surface area contributed by atoms with E-state index in [1.807, 2.05) is 0 Å². The lowest BCUT2D eigenvalue weighted by atomic mass is 10.3. The summed E-state index contributed by atoms with van der Waals surface area (Å²) >= 11 is 0. The first-order valence-corrected chi connectivity index (χ1v) is 5.68. The average molecular weight is 251 g/mol. The van der Waals surface area contributed by atoms with Crippen LogP contribution in [-0.2, 0) is 20.9 Å². The monoisotopic (exact) mass is 251 g/mol. The van der Waals surface area contributed by atoms with Gasteiger partial charge in [-0.2, -0.15) is 0 Å². The maximum Gasteiger partial charge on any atom is 0.309 e. The lowest BCUT2D eigenvalue weighted by Crippen LogP contribution is -2.40. The van der Waals surface area contributed by atoms with Crippen LogP contribution in [0.4, 0.5) is 0 Å². The minimum absolute atomic E-state index is 0.312. The number of methoxy groups -OCH3 is 1. The van der Waals surface area contributed by atoms with Gasteiger partial charge < -0.3 is 15.4 Å². The Hall–Kier alpha value is -1.95. The van der Waals surface area contributed by atoms with Crippen molar-refractivity contribution in [3.8, 4) is 0 Å². The number of hydrogen-bond donors (Lipinski definition) is 2. The molecule has 2 N–H and O–H groups in total. The van der Waals surface area contributed by atoms with E-state index in [-0.39, 0.29) is 0 Å². The molecule has 0 aliphatic rings. The van der Waals surface area contributed by atoms with E-state index < -0.39 is 11.8 Å². The summed E-state index contributed by atoms with van der Waals surface area (Å²) in [6.45, 7) is 1.29. The molecule has 1 rings (SSSR count). The van der Waals surface area contributed by atoms with Crippen LogP contribution in [0.15, 0.2) is 24.5 Å². The minimum Gasteiger partial charge on any atom is -0.385 e. The van der Waals surface area contributed by atoms with Gasteiger partial charge in [-0.05, 0) is 24.1 Å². The highest BCUT2D eigenvalue weighted by atomic mass is 16.5. The van der Waals surface area contributed by atoms with Gasteiger partial charge in [0.05, 0.1) is 0 Å². The molecule has 0 aromatic carbocycles. The summed E-state index contributed by atoms with van der Waals surface area (Å²) in [5.74, 6) is -1.26. The van der Waals surface area contributed by atoms with E-state index in [1.54, 1.807) is 31.6 Å². The minimum atomic E-state index is -0.635. The van der Waals surface area contributed by atoms with Crippen LogP contribution < -0.4 is 10.6 Å². The second-order valence-corrected chi connectivity index (χ2v) is 3.64. The molecule has 0 saturated carbocycles. The number of nitrogens with zero attached hydrogens (tertiary/aromatic N) is 1. The van der Waals surface area contributed by atoms with Gasteiger partial charge in [0.15, 0.2) is 0 Å². The Bertz CT molecular complexity index is 381. The molecule has 2 amide bonds. The predicted octanol–water partition coefficient (Wildman–Crippen LogP) is -0.149. The molecule has 0 aliphatic heterocycles. The Labute approximate surface area is 106 Å². The average Bonchev–Trinajstić information content (AvgIpc) is 2.42. The molecule has 0 unspecified atom stereocenters. The van der Waals surface area contributed by atoms with Gasteiger partial charge in [0.2, 0.25) is 0 Å². The van der Waals surface area contributed by atoms with Crippen LogP contribution in [0, 0.1) is 0 Å². The number of aromatic nitrogens is 1. The molecule has 1 aromatic heterocycles. The molecular weight excluding hydrogens is 234 g/mol. The van der Waals surface area contributed by atoms with Crippen LogP contribution in [0.3, 0.4) is 0 Å². The summed E-state index contributed by atoms with van der Waals surface area (Å²) in [4.78, 5) is 26.6. The van der Waals surface area contributed by atoms with Crippen LogP contribution in [0.2, 0.25) is 0 Å². The molecule has 0 radical (unpaired) electrons. The molecule has 6 nitrogen and oxygen atoms in total. The summed E-state index contributed by atoms with van der Waals surface area (Å²) in [6.07, 6.45) is 3.94. The fourth-order valence-corrected chi connectivity index (χ4v) is 1.26. The van der Waals surface area contributed by atoms with E-state index in [0.717, 1.165) is 5.56 Å². The number of rotatable bonds is 6. The highest BCUT2D eigenvalue weighted by molar-refractivity contribution is 6.35. The maximum absolute atomic E-state index is 11.4. The lowest BCUT2D eigenvalue weighted by molar-refractivity contribution is -0.139. The Balaban J connectivity index is 2.22. The molecule has 0 fully saturated rings. The molecule has 0 saturated heterocycles. The van der Waals surface area contributed by atoms with E-state index in [2.05, 4.69) is 15.6 Å². The van der Waals surface area contributed by atoms with Gasteiger partial charge in [-0.25, -0.2) is 0 Å². The Kier molecular flexibility index (Phi) is 6.42. The highest BCUT2D eigenvalue weighted by Gasteiger charge is 2.11. The van der Waals surface area contributed by atoms with Crippen molar-refractivity contribution in [1.29, 1.82) is 0 Å². The summed E-state index contributed by atoms with van der Waals surface area (Å²) in [6, 6.07) is 3.55. The molecule has 98 valence electrons. The molecule has 0 bridgehead atoms. The lowest BCUT2D eigenvalue weighted by Gasteiger charge is -2.06. The zero-order valence-electron chi connectivity index (χ0n) is 10.3. The molecule has 6 heteroatoms. The van der Waals surface area contributed by atoms with Crippen LogP contribution in [0.5, 0.6) is 0 Å². The third-order valence-electron chi connectivity index (χ3n) is 2.22. The van der Waals surface area contributed by atoms with Crippen molar-refractivity contribution in [3.63, 3.8) is 0 Å². The van der Waals surface area contributed by atoms with Crippen molar-refractivity contribution >= 4 is 11.8 Å². The molecule has 0 atom stereocenters. The normalized spacial score (nSPS) is 9.83. The Morgan fingerprint density at radius 3 is 2.56 bits per heavy atom. The van der Waals surface area contributed by atoms with Gasteiger partial charge in [-0.15, -0.1) is 0 Å². The first-order valence-electron chi connectivity index (χ1n) is 5.68. The Morgan fingerprint density at radius 2 is 1.89 bits per heavy atom. The Morgan fingerprint density at radius 1 is 1.22 bits per heavy atom. The molecule has 0 spiro atoms. The van der Waals surface area contributed by atoms with Gasteiger partial charge in [0, 0.05) is 39.2 Å². The van der Waals surface area contributed by atoms with Crippen molar-refractivity contribution in [2.75, 3.05) is 20.3 Å². The van der Waals surface area contributed by atoms with Crippen molar-refractivity contribution in [2.24, 2.45) is 0 Å². The van der Waals surface area contributed by atoms with E-state index >= 15 is 0 Å². The van der Waals surface area contributed by atoms with Gasteiger partial charge in [-0.3, -0.25) is 14.6 Å². The number of amides is 2. The summed E-state index contributed by atoms with van der Waals surface area (Å²) in [7, 11) is 1.59. The van der Waals surface area contributed by atoms with E-state index in [0.29, 0.717) is 26.1 Å². The fraction of sp³-hybridized carbons (Fsp3) is 0.417.